The fourth-order valence-electron chi connectivity index (χ4n) is 3.05. The summed E-state index contributed by atoms with van der Waals surface area (Å²) in [5.41, 5.74) is 1.26. The third-order valence-corrected chi connectivity index (χ3v) is 4.30. The van der Waals surface area contributed by atoms with Gasteiger partial charge < -0.3 is 10.1 Å². The van der Waals surface area contributed by atoms with Crippen LogP contribution < -0.4 is 10.1 Å². The number of nitriles is 1. The third-order valence-electron chi connectivity index (χ3n) is 4.30. The summed E-state index contributed by atoms with van der Waals surface area (Å²) in [6.07, 6.45) is 5.50. The van der Waals surface area contributed by atoms with Crippen LogP contribution in [0.4, 0.5) is 0 Å². The first-order chi connectivity index (χ1) is 9.70. The van der Waals surface area contributed by atoms with E-state index in [1.165, 1.54) is 31.2 Å². The van der Waals surface area contributed by atoms with Crippen LogP contribution in [0.1, 0.15) is 51.1 Å². The highest BCUT2D eigenvalue weighted by atomic mass is 16.5. The summed E-state index contributed by atoms with van der Waals surface area (Å²) in [7, 11) is 0. The van der Waals surface area contributed by atoms with E-state index in [-0.39, 0.29) is 6.61 Å². The maximum absolute atomic E-state index is 8.49. The molecule has 20 heavy (non-hydrogen) atoms. The fraction of sp³-hybridized carbons (Fsp3) is 0.588. The number of nitrogens with one attached hydrogen (secondary N) is 1. The van der Waals surface area contributed by atoms with Crippen molar-refractivity contribution < 1.29 is 4.74 Å². The van der Waals surface area contributed by atoms with Crippen LogP contribution in [0.3, 0.4) is 0 Å². The molecule has 2 unspecified atom stereocenters. The average Bonchev–Trinajstić information content (AvgIpc) is 3.00. The molecular weight excluding hydrogens is 248 g/mol. The molecule has 0 aliphatic heterocycles. The Bertz CT molecular complexity index is 443. The van der Waals surface area contributed by atoms with Crippen LogP contribution in [0, 0.1) is 17.2 Å². The Morgan fingerprint density at radius 2 is 1.90 bits per heavy atom. The number of benzene rings is 1. The van der Waals surface area contributed by atoms with Crippen LogP contribution in [0.15, 0.2) is 24.3 Å². The average molecular weight is 272 g/mol. The molecule has 3 nitrogen and oxygen atoms in total. The summed E-state index contributed by atoms with van der Waals surface area (Å²) in [4.78, 5) is 0. The van der Waals surface area contributed by atoms with Gasteiger partial charge in [-0.2, -0.15) is 5.26 Å². The molecule has 2 rings (SSSR count). The second-order valence-electron chi connectivity index (χ2n) is 5.74. The molecule has 1 aliphatic carbocycles. The van der Waals surface area contributed by atoms with E-state index in [4.69, 9.17) is 10.00 Å². The van der Waals surface area contributed by atoms with Crippen LogP contribution in [-0.4, -0.2) is 12.6 Å². The van der Waals surface area contributed by atoms with Crippen molar-refractivity contribution in [2.45, 2.75) is 51.6 Å². The monoisotopic (exact) mass is 272 g/mol. The van der Waals surface area contributed by atoms with Gasteiger partial charge in [-0.05, 0) is 50.3 Å². The highest BCUT2D eigenvalue weighted by Gasteiger charge is 2.22. The molecule has 108 valence electrons. The number of hydrogen-bond acceptors (Lipinski definition) is 3. The Morgan fingerprint density at radius 3 is 2.50 bits per heavy atom. The molecule has 0 amide bonds. The zero-order chi connectivity index (χ0) is 14.4. The van der Waals surface area contributed by atoms with E-state index in [2.05, 4.69) is 31.3 Å². The first-order valence-electron chi connectivity index (χ1n) is 7.56. The van der Waals surface area contributed by atoms with E-state index >= 15 is 0 Å². The zero-order valence-electron chi connectivity index (χ0n) is 12.4. The summed E-state index contributed by atoms with van der Waals surface area (Å²) in [6, 6.07) is 10.9. The van der Waals surface area contributed by atoms with Crippen molar-refractivity contribution in [1.82, 2.24) is 5.32 Å². The van der Waals surface area contributed by atoms with Gasteiger partial charge in [0.2, 0.25) is 0 Å². The van der Waals surface area contributed by atoms with Crippen molar-refractivity contribution >= 4 is 0 Å². The van der Waals surface area contributed by atoms with E-state index in [1.807, 2.05) is 18.2 Å². The first-order valence-corrected chi connectivity index (χ1v) is 7.56. The van der Waals surface area contributed by atoms with Crippen LogP contribution >= 0.6 is 0 Å². The normalized spacial score (nSPS) is 18.4. The maximum Gasteiger partial charge on any atom is 0.174 e. The van der Waals surface area contributed by atoms with Gasteiger partial charge in [0.1, 0.15) is 11.8 Å². The van der Waals surface area contributed by atoms with Gasteiger partial charge in [0, 0.05) is 12.1 Å². The van der Waals surface area contributed by atoms with Crippen LogP contribution in [0.2, 0.25) is 0 Å². The van der Waals surface area contributed by atoms with Crippen LogP contribution in [-0.2, 0) is 0 Å². The molecule has 0 heterocycles. The smallest absolute Gasteiger partial charge is 0.174 e. The molecule has 1 saturated carbocycles. The lowest BCUT2D eigenvalue weighted by Gasteiger charge is -2.25. The summed E-state index contributed by atoms with van der Waals surface area (Å²) >= 11 is 0. The Balaban J connectivity index is 1.88. The molecule has 1 fully saturated rings. The number of ether oxygens (including phenoxy) is 1. The molecule has 0 bridgehead atoms. The number of nitrogens with zero attached hydrogens (tertiary/aromatic N) is 1. The quantitative estimate of drug-likeness (QED) is 0.856. The van der Waals surface area contributed by atoms with Gasteiger partial charge in [0.15, 0.2) is 6.61 Å². The van der Waals surface area contributed by atoms with Gasteiger partial charge >= 0.3 is 0 Å². The molecule has 1 aromatic carbocycles. The van der Waals surface area contributed by atoms with Gasteiger partial charge in [-0.3, -0.25) is 0 Å². The number of hydrogen-bond donors (Lipinski definition) is 1. The predicted octanol–water partition coefficient (Wildman–Crippen LogP) is 3.82. The van der Waals surface area contributed by atoms with Crippen molar-refractivity contribution in [1.29, 1.82) is 5.26 Å². The molecule has 2 atom stereocenters. The summed E-state index contributed by atoms with van der Waals surface area (Å²) < 4.78 is 5.27. The van der Waals surface area contributed by atoms with Crippen molar-refractivity contribution in [3.8, 4) is 11.8 Å². The minimum Gasteiger partial charge on any atom is -0.479 e. The Hall–Kier alpha value is -1.53. The lowest BCUT2D eigenvalue weighted by atomic mass is 9.98. The van der Waals surface area contributed by atoms with Crippen molar-refractivity contribution in [2.24, 2.45) is 5.92 Å². The second-order valence-corrected chi connectivity index (χ2v) is 5.74. The standard InChI is InChI=1S/C17H24N2O/c1-13(15-5-3-4-6-15)19-14(2)16-7-9-17(10-8-16)20-12-11-18/h7-10,13-15,19H,3-6,12H2,1-2H3. The Labute approximate surface area is 121 Å². The first kappa shape index (κ1) is 14.9. The Kier molecular flexibility index (Phi) is 5.43. The minimum atomic E-state index is 0.103. The Morgan fingerprint density at radius 1 is 1.25 bits per heavy atom. The molecule has 1 aromatic rings. The highest BCUT2D eigenvalue weighted by molar-refractivity contribution is 5.29. The molecule has 1 N–H and O–H groups in total. The van der Waals surface area contributed by atoms with Crippen molar-refractivity contribution in [3.05, 3.63) is 29.8 Å². The largest absolute Gasteiger partial charge is 0.479 e. The van der Waals surface area contributed by atoms with Gasteiger partial charge in [-0.1, -0.05) is 25.0 Å². The van der Waals surface area contributed by atoms with E-state index in [1.54, 1.807) is 0 Å². The van der Waals surface area contributed by atoms with E-state index in [0.717, 1.165) is 11.7 Å². The van der Waals surface area contributed by atoms with Crippen molar-refractivity contribution in [2.75, 3.05) is 6.61 Å². The molecule has 0 saturated heterocycles. The summed E-state index contributed by atoms with van der Waals surface area (Å²) in [5, 5.41) is 12.2. The van der Waals surface area contributed by atoms with Gasteiger partial charge in [-0.15, -0.1) is 0 Å². The van der Waals surface area contributed by atoms with Gasteiger partial charge in [0.05, 0.1) is 0 Å². The van der Waals surface area contributed by atoms with E-state index < -0.39 is 0 Å². The molecule has 3 heteroatoms. The number of rotatable bonds is 6. The second kappa shape index (κ2) is 7.31. The van der Waals surface area contributed by atoms with Gasteiger partial charge in [-0.25, -0.2) is 0 Å². The lowest BCUT2D eigenvalue weighted by molar-refractivity contribution is 0.351. The van der Waals surface area contributed by atoms with Crippen LogP contribution in [0.25, 0.3) is 0 Å². The van der Waals surface area contributed by atoms with Gasteiger partial charge in [0.25, 0.3) is 0 Å². The SMILES string of the molecule is CC(NC(C)C1CCCC1)c1ccc(OCC#N)cc1. The highest BCUT2D eigenvalue weighted by Crippen LogP contribution is 2.29. The minimum absolute atomic E-state index is 0.103. The molecule has 0 radical (unpaired) electrons. The molecular formula is C17H24N2O. The molecule has 0 aromatic heterocycles. The maximum atomic E-state index is 8.49. The summed E-state index contributed by atoms with van der Waals surface area (Å²) in [6.45, 7) is 4.61. The predicted molar refractivity (Wildman–Crippen MR) is 80.5 cm³/mol. The summed E-state index contributed by atoms with van der Waals surface area (Å²) in [5.74, 6) is 1.59. The zero-order valence-corrected chi connectivity index (χ0v) is 12.4. The fourth-order valence-corrected chi connectivity index (χ4v) is 3.05. The third kappa shape index (κ3) is 3.98. The lowest BCUT2D eigenvalue weighted by Crippen LogP contribution is -2.34. The van der Waals surface area contributed by atoms with E-state index in [0.29, 0.717) is 12.1 Å². The van der Waals surface area contributed by atoms with Crippen LogP contribution in [0.5, 0.6) is 5.75 Å². The molecule has 1 aliphatic rings. The van der Waals surface area contributed by atoms with Crippen molar-refractivity contribution in [3.63, 3.8) is 0 Å². The molecule has 0 spiro atoms. The topological polar surface area (TPSA) is 45.0 Å². The van der Waals surface area contributed by atoms with E-state index in [9.17, 15) is 0 Å².